The number of nitrogens with two attached hydrogens (primary N) is 1. The van der Waals surface area contributed by atoms with E-state index in [1.165, 1.54) is 18.2 Å². The van der Waals surface area contributed by atoms with Gasteiger partial charge in [0.2, 0.25) is 0 Å². The van der Waals surface area contributed by atoms with E-state index in [0.29, 0.717) is 12.1 Å². The molecule has 0 spiro atoms. The van der Waals surface area contributed by atoms with Gasteiger partial charge >= 0.3 is 0 Å². The highest BCUT2D eigenvalue weighted by Gasteiger charge is 2.12. The molecule has 0 saturated heterocycles. The molecule has 0 aliphatic rings. The summed E-state index contributed by atoms with van der Waals surface area (Å²) in [6.45, 7) is 2.36. The van der Waals surface area contributed by atoms with Crippen molar-refractivity contribution in [3.8, 4) is 11.5 Å². The quantitative estimate of drug-likeness (QED) is 0.741. The van der Waals surface area contributed by atoms with Crippen LogP contribution >= 0.6 is 0 Å². The molecule has 0 radical (unpaired) electrons. The van der Waals surface area contributed by atoms with Crippen LogP contribution in [-0.2, 0) is 6.42 Å². The summed E-state index contributed by atoms with van der Waals surface area (Å²) in [4.78, 5) is 11.5. The lowest BCUT2D eigenvalue weighted by Crippen LogP contribution is -2.30. The van der Waals surface area contributed by atoms with Crippen LogP contribution in [0.1, 0.15) is 22.8 Å². The van der Waals surface area contributed by atoms with E-state index >= 15 is 0 Å². The van der Waals surface area contributed by atoms with E-state index in [4.69, 9.17) is 15.2 Å². The van der Waals surface area contributed by atoms with Crippen LogP contribution in [-0.4, -0.2) is 39.6 Å². The van der Waals surface area contributed by atoms with Crippen LogP contribution < -0.4 is 20.5 Å². The van der Waals surface area contributed by atoms with E-state index in [1.807, 2.05) is 18.2 Å². The average Bonchev–Trinajstić information content (AvgIpc) is 2.67. The highest BCUT2D eigenvalue weighted by atomic mass is 19.1. The Morgan fingerprint density at radius 1 is 1.19 bits per heavy atom. The molecule has 2 rings (SSSR count). The highest BCUT2D eigenvalue weighted by Crippen LogP contribution is 2.23. The van der Waals surface area contributed by atoms with Crippen molar-refractivity contribution in [2.45, 2.75) is 19.4 Å². The number of ketones is 1. The number of rotatable bonds is 7. The molecule has 26 heavy (non-hydrogen) atoms. The smallest absolute Gasteiger partial charge is 0.179 e. The molecule has 0 aliphatic heterocycles. The fraction of sp³-hybridized carbons (Fsp3) is 0.350. The van der Waals surface area contributed by atoms with Crippen LogP contribution in [0.15, 0.2) is 42.5 Å². The Balaban J connectivity index is 0.000000260. The third-order valence-electron chi connectivity index (χ3n) is 3.84. The van der Waals surface area contributed by atoms with Gasteiger partial charge in [0.15, 0.2) is 5.78 Å². The average molecular weight is 362 g/mol. The SMILES string of the molecule is CNC(C)C(=O)c1cccc(F)c1.COc1ccc(OC)c(CCN)c1. The van der Waals surface area contributed by atoms with Crippen molar-refractivity contribution >= 4 is 5.78 Å². The summed E-state index contributed by atoms with van der Waals surface area (Å²) in [5, 5.41) is 2.81. The molecule has 0 aliphatic carbocycles. The normalized spacial score (nSPS) is 11.2. The predicted octanol–water partition coefficient (Wildman–Crippen LogP) is 2.82. The van der Waals surface area contributed by atoms with E-state index in [9.17, 15) is 9.18 Å². The molecule has 5 nitrogen and oxygen atoms in total. The van der Waals surface area contributed by atoms with E-state index in [2.05, 4.69) is 5.32 Å². The number of halogens is 1. The molecule has 2 aromatic carbocycles. The summed E-state index contributed by atoms with van der Waals surface area (Å²) in [6.07, 6.45) is 0.806. The predicted molar refractivity (Wildman–Crippen MR) is 102 cm³/mol. The molecule has 6 heteroatoms. The largest absolute Gasteiger partial charge is 0.497 e. The summed E-state index contributed by atoms with van der Waals surface area (Å²) in [5.41, 5.74) is 6.97. The second kappa shape index (κ2) is 11.2. The number of carbonyl (C=O) groups is 1. The fourth-order valence-corrected chi connectivity index (χ4v) is 2.26. The third-order valence-corrected chi connectivity index (χ3v) is 3.84. The van der Waals surface area contributed by atoms with Gasteiger partial charge in [-0.15, -0.1) is 0 Å². The van der Waals surface area contributed by atoms with Gasteiger partial charge in [-0.05, 0) is 62.8 Å². The molecule has 0 saturated carbocycles. The number of hydrogen-bond donors (Lipinski definition) is 2. The second-order valence-electron chi connectivity index (χ2n) is 5.60. The molecule has 142 valence electrons. The van der Waals surface area contributed by atoms with Gasteiger partial charge in [-0.25, -0.2) is 4.39 Å². The van der Waals surface area contributed by atoms with Gasteiger partial charge in [-0.2, -0.15) is 0 Å². The van der Waals surface area contributed by atoms with Crippen LogP contribution in [0.25, 0.3) is 0 Å². The minimum Gasteiger partial charge on any atom is -0.497 e. The zero-order chi connectivity index (χ0) is 19.5. The summed E-state index contributed by atoms with van der Waals surface area (Å²) in [5.74, 6) is 1.23. The minimum absolute atomic E-state index is 0.0954. The Hall–Kier alpha value is -2.44. The molecule has 0 heterocycles. The molecule has 0 amide bonds. The Kier molecular flexibility index (Phi) is 9.33. The van der Waals surface area contributed by atoms with Crippen molar-refractivity contribution in [3.05, 3.63) is 59.4 Å². The van der Waals surface area contributed by atoms with E-state index < -0.39 is 0 Å². The van der Waals surface area contributed by atoms with Crippen LogP contribution in [0.5, 0.6) is 11.5 Å². The topological polar surface area (TPSA) is 73.6 Å². The van der Waals surface area contributed by atoms with Crippen molar-refractivity contribution in [3.63, 3.8) is 0 Å². The monoisotopic (exact) mass is 362 g/mol. The Labute approximate surface area is 154 Å². The molecular formula is C20H27FN2O3. The maximum atomic E-state index is 12.7. The van der Waals surface area contributed by atoms with Crippen molar-refractivity contribution in [2.75, 3.05) is 27.8 Å². The zero-order valence-corrected chi connectivity index (χ0v) is 15.7. The highest BCUT2D eigenvalue weighted by molar-refractivity contribution is 5.99. The zero-order valence-electron chi connectivity index (χ0n) is 15.7. The van der Waals surface area contributed by atoms with Gasteiger partial charge in [-0.3, -0.25) is 4.79 Å². The molecule has 2 aromatic rings. The molecule has 0 aromatic heterocycles. The van der Waals surface area contributed by atoms with Gasteiger partial charge in [0.1, 0.15) is 17.3 Å². The first kappa shape index (κ1) is 21.6. The van der Waals surface area contributed by atoms with Crippen molar-refractivity contribution in [1.82, 2.24) is 5.32 Å². The molecular weight excluding hydrogens is 335 g/mol. The summed E-state index contributed by atoms with van der Waals surface area (Å²) in [6, 6.07) is 11.2. The number of benzene rings is 2. The Morgan fingerprint density at radius 2 is 1.92 bits per heavy atom. The van der Waals surface area contributed by atoms with Gasteiger partial charge in [0.05, 0.1) is 20.3 Å². The lowest BCUT2D eigenvalue weighted by Gasteiger charge is -2.08. The molecule has 1 unspecified atom stereocenters. The maximum Gasteiger partial charge on any atom is 0.179 e. The lowest BCUT2D eigenvalue weighted by atomic mass is 10.1. The third kappa shape index (κ3) is 6.46. The number of nitrogens with one attached hydrogen (secondary N) is 1. The summed E-state index contributed by atoms with van der Waals surface area (Å²) >= 11 is 0. The number of methoxy groups -OCH3 is 2. The second-order valence-corrected chi connectivity index (χ2v) is 5.60. The van der Waals surface area contributed by atoms with Gasteiger partial charge in [-0.1, -0.05) is 12.1 Å². The van der Waals surface area contributed by atoms with Crippen LogP contribution in [0.2, 0.25) is 0 Å². The van der Waals surface area contributed by atoms with Gasteiger partial charge in [0, 0.05) is 5.56 Å². The first-order chi connectivity index (χ1) is 12.5. The fourth-order valence-electron chi connectivity index (χ4n) is 2.26. The maximum absolute atomic E-state index is 12.7. The van der Waals surface area contributed by atoms with E-state index in [0.717, 1.165) is 23.5 Å². The van der Waals surface area contributed by atoms with Crippen LogP contribution in [0.3, 0.4) is 0 Å². The molecule has 3 N–H and O–H groups in total. The summed E-state index contributed by atoms with van der Waals surface area (Å²) in [7, 11) is 5.00. The van der Waals surface area contributed by atoms with Gasteiger partial charge in [0.25, 0.3) is 0 Å². The molecule has 0 fully saturated rings. The summed E-state index contributed by atoms with van der Waals surface area (Å²) < 4.78 is 23.0. The minimum atomic E-state index is -0.380. The van der Waals surface area contributed by atoms with Crippen LogP contribution in [0, 0.1) is 5.82 Å². The number of likely N-dealkylation sites (N-methyl/N-ethyl adjacent to an activating group) is 1. The van der Waals surface area contributed by atoms with E-state index in [-0.39, 0.29) is 17.6 Å². The number of carbonyl (C=O) groups excluding carboxylic acids is 1. The molecule has 1 atom stereocenters. The standard InChI is InChI=1S/C10H12FNO.C10H15NO2/c1-7(12-2)10(13)8-4-3-5-9(11)6-8;1-12-9-3-4-10(13-2)8(7-9)5-6-11/h3-7,12H,1-2H3;3-4,7H,5-6,11H2,1-2H3. The molecule has 0 bridgehead atoms. The lowest BCUT2D eigenvalue weighted by molar-refractivity contribution is 0.0954. The number of Topliss-reactive ketones (excluding diaryl/α,β-unsaturated/α-hetero) is 1. The van der Waals surface area contributed by atoms with Crippen LogP contribution in [0.4, 0.5) is 4.39 Å². The van der Waals surface area contributed by atoms with Crippen molar-refractivity contribution in [2.24, 2.45) is 5.73 Å². The Bertz CT molecular complexity index is 707. The first-order valence-corrected chi connectivity index (χ1v) is 8.34. The van der Waals surface area contributed by atoms with E-state index in [1.54, 1.807) is 34.3 Å². The number of ether oxygens (including phenoxy) is 2. The van der Waals surface area contributed by atoms with Crippen molar-refractivity contribution < 1.29 is 18.7 Å². The van der Waals surface area contributed by atoms with Crippen molar-refractivity contribution in [1.29, 1.82) is 0 Å². The van der Waals surface area contributed by atoms with Gasteiger partial charge < -0.3 is 20.5 Å². The Morgan fingerprint density at radius 3 is 2.46 bits per heavy atom. The number of hydrogen-bond acceptors (Lipinski definition) is 5. The first-order valence-electron chi connectivity index (χ1n) is 8.34.